The van der Waals surface area contributed by atoms with Crippen molar-refractivity contribution in [2.75, 3.05) is 0 Å². The second-order valence-electron chi connectivity index (χ2n) is 4.11. The van der Waals surface area contributed by atoms with Crippen LogP contribution >= 0.6 is 0 Å². The fourth-order valence-corrected chi connectivity index (χ4v) is 2.44. The van der Waals surface area contributed by atoms with Gasteiger partial charge in [-0.15, -0.1) is 0 Å². The van der Waals surface area contributed by atoms with Crippen molar-refractivity contribution >= 4 is 27.4 Å². The van der Waals surface area contributed by atoms with E-state index in [0.29, 0.717) is 0 Å². The third-order valence-corrected chi connectivity index (χ3v) is 3.61. The molecule has 6 nitrogen and oxygen atoms in total. The van der Waals surface area contributed by atoms with Gasteiger partial charge in [0.15, 0.2) is 0 Å². The van der Waals surface area contributed by atoms with Crippen molar-refractivity contribution in [3.05, 3.63) is 30.3 Å². The predicted molar refractivity (Wildman–Crippen MR) is 66.0 cm³/mol. The highest BCUT2D eigenvalue weighted by atomic mass is 32.2. The normalized spacial score (nSPS) is 16.3. The molecular weight excluding hydrogens is 270 g/mol. The van der Waals surface area contributed by atoms with Crippen molar-refractivity contribution in [2.45, 2.75) is 24.2 Å². The van der Waals surface area contributed by atoms with Crippen LogP contribution < -0.4 is 0 Å². The van der Waals surface area contributed by atoms with E-state index in [1.54, 1.807) is 18.2 Å². The highest BCUT2D eigenvalue weighted by Crippen LogP contribution is 2.14. The Morgan fingerprint density at radius 3 is 2.11 bits per heavy atom. The highest BCUT2D eigenvalue weighted by molar-refractivity contribution is 7.86. The summed E-state index contributed by atoms with van der Waals surface area (Å²) in [5.41, 5.74) is 0.140. The van der Waals surface area contributed by atoms with Gasteiger partial charge in [0.05, 0.1) is 12.1 Å². The average molecular weight is 281 g/mol. The van der Waals surface area contributed by atoms with Crippen molar-refractivity contribution in [3.63, 3.8) is 0 Å². The zero-order chi connectivity index (χ0) is 13.9. The topological polar surface area (TPSA) is 89.9 Å². The Morgan fingerprint density at radius 2 is 1.53 bits per heavy atom. The molecule has 1 aromatic rings. The molecule has 7 heteroatoms. The third kappa shape index (κ3) is 3.47. The lowest BCUT2D eigenvalue weighted by molar-refractivity contribution is -0.126. The minimum absolute atomic E-state index is 0.0344. The maximum absolute atomic E-state index is 11.7. The summed E-state index contributed by atoms with van der Waals surface area (Å²) < 4.78 is 28.0. The first-order chi connectivity index (χ1) is 8.97. The molecule has 1 saturated carbocycles. The van der Waals surface area contributed by atoms with Gasteiger partial charge in [-0.05, 0) is 12.1 Å². The first-order valence-corrected chi connectivity index (χ1v) is 6.96. The lowest BCUT2D eigenvalue weighted by Crippen LogP contribution is -2.23. The van der Waals surface area contributed by atoms with E-state index in [1.165, 1.54) is 12.1 Å². The number of nitrogens with zero attached hydrogens (tertiary/aromatic N) is 1. The molecule has 0 saturated heterocycles. The Bertz CT molecular complexity index is 615. The molecule has 0 heterocycles. The number of oxime groups is 1. The Labute approximate surface area is 110 Å². The third-order valence-electron chi connectivity index (χ3n) is 2.49. The summed E-state index contributed by atoms with van der Waals surface area (Å²) in [6, 6.07) is 7.51. The van der Waals surface area contributed by atoms with Crippen molar-refractivity contribution in [2.24, 2.45) is 5.16 Å². The first kappa shape index (κ1) is 13.4. The number of benzene rings is 1. The van der Waals surface area contributed by atoms with Gasteiger partial charge in [-0.1, -0.05) is 23.4 Å². The maximum Gasteiger partial charge on any atom is 0.358 e. The van der Waals surface area contributed by atoms with Crippen LogP contribution in [0.4, 0.5) is 0 Å². The fourth-order valence-electron chi connectivity index (χ4n) is 1.66. The SMILES string of the molecule is O=C1CC(=O)CC(=NOS(=O)(=O)c2ccccc2)C1. The van der Waals surface area contributed by atoms with E-state index >= 15 is 0 Å². The Balaban J connectivity index is 2.14. The molecule has 0 atom stereocenters. The molecule has 1 aromatic carbocycles. The zero-order valence-corrected chi connectivity index (χ0v) is 10.7. The van der Waals surface area contributed by atoms with E-state index in [2.05, 4.69) is 9.44 Å². The van der Waals surface area contributed by atoms with Crippen molar-refractivity contribution in [3.8, 4) is 0 Å². The van der Waals surface area contributed by atoms with Gasteiger partial charge < -0.3 is 0 Å². The van der Waals surface area contributed by atoms with Crippen LogP contribution in [0.15, 0.2) is 40.4 Å². The summed E-state index contributed by atoms with van der Waals surface area (Å²) in [7, 11) is -4.00. The second-order valence-corrected chi connectivity index (χ2v) is 5.64. The van der Waals surface area contributed by atoms with E-state index in [1.807, 2.05) is 0 Å². The minimum Gasteiger partial charge on any atom is -0.299 e. The van der Waals surface area contributed by atoms with Crippen LogP contribution in [0.2, 0.25) is 0 Å². The van der Waals surface area contributed by atoms with E-state index in [4.69, 9.17) is 0 Å². The monoisotopic (exact) mass is 281 g/mol. The standard InChI is InChI=1S/C12H11NO5S/c14-10-6-9(7-11(15)8-10)13-18-19(16,17)12-4-2-1-3-5-12/h1-5H,6-8H2. The van der Waals surface area contributed by atoms with Crippen LogP contribution in [0.25, 0.3) is 0 Å². The molecular formula is C12H11NO5S. The van der Waals surface area contributed by atoms with E-state index < -0.39 is 10.1 Å². The van der Waals surface area contributed by atoms with Crippen LogP contribution in [0.1, 0.15) is 19.3 Å². The molecule has 1 fully saturated rings. The largest absolute Gasteiger partial charge is 0.358 e. The van der Waals surface area contributed by atoms with Gasteiger partial charge in [0.1, 0.15) is 16.5 Å². The molecule has 1 aliphatic carbocycles. The molecule has 0 amide bonds. The Hall–Kier alpha value is -2.02. The Morgan fingerprint density at radius 1 is 0.947 bits per heavy atom. The summed E-state index contributed by atoms with van der Waals surface area (Å²) in [5.74, 6) is -0.564. The van der Waals surface area contributed by atoms with Crippen LogP contribution in [-0.4, -0.2) is 25.7 Å². The smallest absolute Gasteiger partial charge is 0.299 e. The molecule has 19 heavy (non-hydrogen) atoms. The van der Waals surface area contributed by atoms with Crippen molar-refractivity contribution in [1.29, 1.82) is 0 Å². The molecule has 0 radical (unpaired) electrons. The molecule has 100 valence electrons. The van der Waals surface area contributed by atoms with Gasteiger partial charge in [0.25, 0.3) is 0 Å². The van der Waals surface area contributed by atoms with Gasteiger partial charge in [-0.25, -0.2) is 0 Å². The predicted octanol–water partition coefficient (Wildman–Crippen LogP) is 1.07. The average Bonchev–Trinajstić information content (AvgIpc) is 2.37. The van der Waals surface area contributed by atoms with Gasteiger partial charge in [0, 0.05) is 12.8 Å². The molecule has 0 unspecified atom stereocenters. The molecule has 0 bridgehead atoms. The van der Waals surface area contributed by atoms with Crippen LogP contribution in [-0.2, 0) is 24.0 Å². The summed E-state index contributed by atoms with van der Waals surface area (Å²) in [5, 5.41) is 3.42. The molecule has 1 aliphatic rings. The quantitative estimate of drug-likeness (QED) is 0.610. The molecule has 2 rings (SSSR count). The molecule has 0 aliphatic heterocycles. The summed E-state index contributed by atoms with van der Waals surface area (Å²) in [6.07, 6.45) is -0.212. The second kappa shape index (κ2) is 5.31. The summed E-state index contributed by atoms with van der Waals surface area (Å²) in [4.78, 5) is 22.3. The van der Waals surface area contributed by atoms with E-state index in [9.17, 15) is 18.0 Å². The van der Waals surface area contributed by atoms with Crippen molar-refractivity contribution in [1.82, 2.24) is 0 Å². The fraction of sp³-hybridized carbons (Fsp3) is 0.250. The lowest BCUT2D eigenvalue weighted by atomic mass is 9.96. The highest BCUT2D eigenvalue weighted by Gasteiger charge is 2.23. The lowest BCUT2D eigenvalue weighted by Gasteiger charge is -2.10. The molecule has 0 aromatic heterocycles. The molecule has 0 N–H and O–H groups in total. The number of hydrogen-bond acceptors (Lipinski definition) is 6. The Kier molecular flexibility index (Phi) is 3.75. The van der Waals surface area contributed by atoms with Gasteiger partial charge in [-0.3, -0.25) is 13.9 Å². The van der Waals surface area contributed by atoms with E-state index in [0.717, 1.165) is 0 Å². The van der Waals surface area contributed by atoms with Gasteiger partial charge >= 0.3 is 10.1 Å². The number of Topliss-reactive ketones (excluding diaryl/α,β-unsaturated/α-hetero) is 2. The minimum atomic E-state index is -4.00. The van der Waals surface area contributed by atoms with Gasteiger partial charge in [0.2, 0.25) is 0 Å². The number of carbonyl (C=O) groups is 2. The van der Waals surface area contributed by atoms with Crippen LogP contribution in [0.5, 0.6) is 0 Å². The van der Waals surface area contributed by atoms with Gasteiger partial charge in [-0.2, -0.15) is 8.42 Å². The maximum atomic E-state index is 11.7. The van der Waals surface area contributed by atoms with Crippen LogP contribution in [0.3, 0.4) is 0 Å². The number of carbonyl (C=O) groups excluding carboxylic acids is 2. The van der Waals surface area contributed by atoms with E-state index in [-0.39, 0.29) is 41.4 Å². The number of hydrogen-bond donors (Lipinski definition) is 0. The summed E-state index contributed by atoms with van der Waals surface area (Å²) >= 11 is 0. The van der Waals surface area contributed by atoms with Crippen molar-refractivity contribution < 1.29 is 22.3 Å². The summed E-state index contributed by atoms with van der Waals surface area (Å²) in [6.45, 7) is 0. The first-order valence-electron chi connectivity index (χ1n) is 5.55. The van der Waals surface area contributed by atoms with Crippen LogP contribution in [0, 0.1) is 0 Å². The zero-order valence-electron chi connectivity index (χ0n) is 9.90. The molecule has 0 spiro atoms. The number of rotatable bonds is 3. The number of ketones is 2.